The number of carbonyl (C=O) groups is 3. The Balaban J connectivity index is 2.03. The third kappa shape index (κ3) is 4.54. The van der Waals surface area contributed by atoms with Gasteiger partial charge in [0.1, 0.15) is 11.7 Å². The quantitative estimate of drug-likeness (QED) is 0.619. The van der Waals surface area contributed by atoms with E-state index in [1.165, 1.54) is 6.33 Å². The molecule has 0 aliphatic carbocycles. The van der Waals surface area contributed by atoms with Gasteiger partial charge in [-0.2, -0.15) is 0 Å². The Morgan fingerprint density at radius 2 is 2.13 bits per heavy atom. The Morgan fingerprint density at radius 3 is 2.87 bits per heavy atom. The largest absolute Gasteiger partial charge is 0.354 e. The van der Waals surface area contributed by atoms with Crippen molar-refractivity contribution in [2.24, 2.45) is 5.92 Å². The van der Waals surface area contributed by atoms with Crippen molar-refractivity contribution in [1.82, 2.24) is 25.9 Å². The SMILES string of the molecule is CC(C)CNC(=O)c1[nH]cnc1C(=O)N[C@H]1CCCCNC1=O. The van der Waals surface area contributed by atoms with Crippen molar-refractivity contribution in [2.45, 2.75) is 39.2 Å². The average molecular weight is 321 g/mol. The summed E-state index contributed by atoms with van der Waals surface area (Å²) in [4.78, 5) is 42.9. The van der Waals surface area contributed by atoms with Gasteiger partial charge in [-0.05, 0) is 25.2 Å². The molecule has 3 amide bonds. The standard InChI is InChI=1S/C15H23N5O3/c1-9(2)7-17-14(22)11-12(19-8-18-11)15(23)20-10-5-3-4-6-16-13(10)21/h8-10H,3-7H2,1-2H3,(H,16,21)(H,17,22)(H,18,19)(H,20,23)/t10-/m0/s1. The predicted molar refractivity (Wildman–Crippen MR) is 83.9 cm³/mol. The molecule has 1 aromatic rings. The second-order valence-electron chi connectivity index (χ2n) is 6.04. The molecule has 2 rings (SSSR count). The second-order valence-corrected chi connectivity index (χ2v) is 6.04. The molecule has 0 spiro atoms. The number of nitrogens with zero attached hydrogens (tertiary/aromatic N) is 1. The van der Waals surface area contributed by atoms with Crippen LogP contribution in [0.2, 0.25) is 0 Å². The van der Waals surface area contributed by atoms with Gasteiger partial charge < -0.3 is 20.9 Å². The van der Waals surface area contributed by atoms with E-state index in [2.05, 4.69) is 25.9 Å². The molecule has 1 aliphatic rings. The highest BCUT2D eigenvalue weighted by Gasteiger charge is 2.26. The summed E-state index contributed by atoms with van der Waals surface area (Å²) in [6.07, 6.45) is 3.62. The van der Waals surface area contributed by atoms with E-state index in [1.807, 2.05) is 13.8 Å². The Kier molecular flexibility index (Phi) is 5.72. The minimum atomic E-state index is -0.590. The van der Waals surface area contributed by atoms with Crippen LogP contribution in [0.15, 0.2) is 6.33 Å². The Morgan fingerprint density at radius 1 is 1.35 bits per heavy atom. The zero-order valence-electron chi connectivity index (χ0n) is 13.4. The molecule has 23 heavy (non-hydrogen) atoms. The number of imidazole rings is 1. The highest BCUT2D eigenvalue weighted by molar-refractivity contribution is 6.05. The van der Waals surface area contributed by atoms with Crippen LogP contribution in [-0.2, 0) is 4.79 Å². The summed E-state index contributed by atoms with van der Waals surface area (Å²) in [6.45, 7) is 5.08. The summed E-state index contributed by atoms with van der Waals surface area (Å²) < 4.78 is 0. The van der Waals surface area contributed by atoms with E-state index in [1.54, 1.807) is 0 Å². The van der Waals surface area contributed by atoms with Crippen molar-refractivity contribution in [2.75, 3.05) is 13.1 Å². The number of nitrogens with one attached hydrogen (secondary N) is 4. The highest BCUT2D eigenvalue weighted by atomic mass is 16.2. The number of amides is 3. The topological polar surface area (TPSA) is 116 Å². The maximum atomic E-state index is 12.3. The summed E-state index contributed by atoms with van der Waals surface area (Å²) in [5.41, 5.74) is 0.112. The number of H-pyrrole nitrogens is 1. The zero-order valence-corrected chi connectivity index (χ0v) is 13.4. The molecular formula is C15H23N5O3. The molecule has 0 saturated carbocycles. The first-order valence-corrected chi connectivity index (χ1v) is 7.89. The van der Waals surface area contributed by atoms with Gasteiger partial charge in [0.2, 0.25) is 5.91 Å². The fourth-order valence-electron chi connectivity index (χ4n) is 2.33. The summed E-state index contributed by atoms with van der Waals surface area (Å²) in [5, 5.41) is 8.14. The van der Waals surface area contributed by atoms with Crippen LogP contribution in [0.3, 0.4) is 0 Å². The van der Waals surface area contributed by atoms with E-state index < -0.39 is 11.9 Å². The predicted octanol–water partition coefficient (Wildman–Crippen LogP) is 0.194. The van der Waals surface area contributed by atoms with Gasteiger partial charge in [-0.3, -0.25) is 14.4 Å². The third-order valence-corrected chi connectivity index (χ3v) is 3.59. The maximum Gasteiger partial charge on any atom is 0.272 e. The lowest BCUT2D eigenvalue weighted by atomic mass is 10.1. The lowest BCUT2D eigenvalue weighted by Crippen LogP contribution is -2.46. The van der Waals surface area contributed by atoms with E-state index in [4.69, 9.17) is 0 Å². The number of rotatable bonds is 5. The Labute approximate surface area is 134 Å². The van der Waals surface area contributed by atoms with Crippen LogP contribution < -0.4 is 16.0 Å². The average Bonchev–Trinajstić information content (AvgIpc) is 2.92. The first-order chi connectivity index (χ1) is 11.0. The van der Waals surface area contributed by atoms with Crippen LogP contribution in [0.1, 0.15) is 54.1 Å². The number of aromatic amines is 1. The number of hydrogen-bond acceptors (Lipinski definition) is 4. The van der Waals surface area contributed by atoms with Crippen molar-refractivity contribution in [3.8, 4) is 0 Å². The number of hydrogen-bond donors (Lipinski definition) is 4. The van der Waals surface area contributed by atoms with Gasteiger partial charge in [0, 0.05) is 13.1 Å². The third-order valence-electron chi connectivity index (χ3n) is 3.59. The minimum Gasteiger partial charge on any atom is -0.354 e. The first kappa shape index (κ1) is 17.0. The maximum absolute atomic E-state index is 12.3. The van der Waals surface area contributed by atoms with E-state index in [-0.39, 0.29) is 23.2 Å². The molecule has 2 heterocycles. The van der Waals surface area contributed by atoms with Gasteiger partial charge >= 0.3 is 0 Å². The van der Waals surface area contributed by atoms with Gasteiger partial charge in [0.05, 0.1) is 6.33 Å². The molecule has 126 valence electrons. The van der Waals surface area contributed by atoms with E-state index in [0.717, 1.165) is 12.8 Å². The van der Waals surface area contributed by atoms with Crippen LogP contribution >= 0.6 is 0 Å². The van der Waals surface area contributed by atoms with Crippen LogP contribution in [0.4, 0.5) is 0 Å². The van der Waals surface area contributed by atoms with Gasteiger partial charge in [0.15, 0.2) is 5.69 Å². The molecule has 1 fully saturated rings. The Hall–Kier alpha value is -2.38. The molecule has 4 N–H and O–H groups in total. The molecule has 0 unspecified atom stereocenters. The molecule has 1 aromatic heterocycles. The monoisotopic (exact) mass is 321 g/mol. The Bertz CT molecular complexity index is 581. The molecule has 8 nitrogen and oxygen atoms in total. The minimum absolute atomic E-state index is 0.00306. The van der Waals surface area contributed by atoms with Crippen LogP contribution in [0.25, 0.3) is 0 Å². The number of carbonyl (C=O) groups excluding carboxylic acids is 3. The fraction of sp³-hybridized carbons (Fsp3) is 0.600. The lowest BCUT2D eigenvalue weighted by Gasteiger charge is -2.15. The van der Waals surface area contributed by atoms with Gasteiger partial charge in [0.25, 0.3) is 11.8 Å². The van der Waals surface area contributed by atoms with Crippen molar-refractivity contribution in [3.05, 3.63) is 17.7 Å². The van der Waals surface area contributed by atoms with E-state index >= 15 is 0 Å². The number of aromatic nitrogens is 2. The van der Waals surface area contributed by atoms with Crippen LogP contribution in [-0.4, -0.2) is 46.8 Å². The van der Waals surface area contributed by atoms with Crippen molar-refractivity contribution < 1.29 is 14.4 Å². The molecular weight excluding hydrogens is 298 g/mol. The van der Waals surface area contributed by atoms with Crippen LogP contribution in [0.5, 0.6) is 0 Å². The van der Waals surface area contributed by atoms with E-state index in [0.29, 0.717) is 25.4 Å². The van der Waals surface area contributed by atoms with E-state index in [9.17, 15) is 14.4 Å². The van der Waals surface area contributed by atoms with Gasteiger partial charge in [-0.25, -0.2) is 4.98 Å². The van der Waals surface area contributed by atoms with Crippen molar-refractivity contribution >= 4 is 17.7 Å². The zero-order chi connectivity index (χ0) is 16.8. The highest BCUT2D eigenvalue weighted by Crippen LogP contribution is 2.08. The van der Waals surface area contributed by atoms with Crippen LogP contribution in [0, 0.1) is 5.92 Å². The van der Waals surface area contributed by atoms with Gasteiger partial charge in [-0.15, -0.1) is 0 Å². The smallest absolute Gasteiger partial charge is 0.272 e. The summed E-state index contributed by atoms with van der Waals surface area (Å²) in [7, 11) is 0. The molecule has 1 atom stereocenters. The second kappa shape index (κ2) is 7.75. The fourth-order valence-corrected chi connectivity index (χ4v) is 2.33. The first-order valence-electron chi connectivity index (χ1n) is 7.89. The van der Waals surface area contributed by atoms with Crippen molar-refractivity contribution in [1.29, 1.82) is 0 Å². The normalized spacial score (nSPS) is 18.2. The summed E-state index contributed by atoms with van der Waals surface area (Å²) in [5.74, 6) is -0.805. The summed E-state index contributed by atoms with van der Waals surface area (Å²) >= 11 is 0. The molecule has 0 radical (unpaired) electrons. The molecule has 0 aromatic carbocycles. The lowest BCUT2D eigenvalue weighted by molar-refractivity contribution is -0.122. The molecule has 8 heteroatoms. The molecule has 1 saturated heterocycles. The summed E-state index contributed by atoms with van der Waals surface area (Å²) in [6, 6.07) is -0.590. The van der Waals surface area contributed by atoms with Gasteiger partial charge in [-0.1, -0.05) is 13.8 Å². The molecule has 0 bridgehead atoms. The molecule has 1 aliphatic heterocycles. The van der Waals surface area contributed by atoms with Crippen molar-refractivity contribution in [3.63, 3.8) is 0 Å².